The number of hydrogen-bond donors (Lipinski definition) is 1. The average molecular weight is 387 g/mol. The molecule has 1 amide bonds. The van der Waals surface area contributed by atoms with E-state index in [9.17, 15) is 4.79 Å². The van der Waals surface area contributed by atoms with Gasteiger partial charge in [-0.15, -0.1) is 0 Å². The Morgan fingerprint density at radius 1 is 1.21 bits per heavy atom. The highest BCUT2D eigenvalue weighted by molar-refractivity contribution is 9.10. The Balaban J connectivity index is 1.87. The summed E-state index contributed by atoms with van der Waals surface area (Å²) in [4.78, 5) is 16.9. The molecule has 0 radical (unpaired) electrons. The first-order chi connectivity index (χ1) is 11.2. The van der Waals surface area contributed by atoms with Crippen molar-refractivity contribution in [3.8, 4) is 0 Å². The number of carbonyl (C=O) groups is 1. The van der Waals surface area contributed by atoms with E-state index in [1.807, 2.05) is 25.2 Å². The molecule has 24 heavy (non-hydrogen) atoms. The van der Waals surface area contributed by atoms with E-state index >= 15 is 0 Å². The van der Waals surface area contributed by atoms with Gasteiger partial charge in [0.05, 0.1) is 11.2 Å². The number of aryl methyl sites for hydroxylation is 1. The van der Waals surface area contributed by atoms with Crippen LogP contribution in [0.2, 0.25) is 0 Å². The van der Waals surface area contributed by atoms with Gasteiger partial charge >= 0.3 is 0 Å². The monoisotopic (exact) mass is 386 g/mol. The van der Waals surface area contributed by atoms with Crippen molar-refractivity contribution in [2.24, 2.45) is 7.05 Å². The molecule has 6 heteroatoms. The topological polar surface area (TPSA) is 59.8 Å². The summed E-state index contributed by atoms with van der Waals surface area (Å²) >= 11 is 3.40. The molecule has 0 aliphatic heterocycles. The second kappa shape index (κ2) is 6.02. The molecule has 2 heterocycles. The summed E-state index contributed by atoms with van der Waals surface area (Å²) in [5.74, 6) is 0.499. The normalized spacial score (nSPS) is 11.7. The van der Waals surface area contributed by atoms with E-state index in [0.717, 1.165) is 21.1 Å². The number of rotatable bonds is 2. The van der Waals surface area contributed by atoms with Gasteiger partial charge in [-0.3, -0.25) is 14.5 Å². The zero-order valence-electron chi connectivity index (χ0n) is 14.1. The molecular formula is C18H19BrN4O. The summed E-state index contributed by atoms with van der Waals surface area (Å²) in [5, 5.41) is 8.38. The van der Waals surface area contributed by atoms with Gasteiger partial charge < -0.3 is 5.32 Å². The summed E-state index contributed by atoms with van der Waals surface area (Å²) in [7, 11) is 1.82. The van der Waals surface area contributed by atoms with Gasteiger partial charge in [0.15, 0.2) is 0 Å². The molecule has 0 spiro atoms. The molecule has 0 bridgehead atoms. The molecule has 3 rings (SSSR count). The molecule has 5 nitrogen and oxygen atoms in total. The Bertz CT molecular complexity index is 924. The van der Waals surface area contributed by atoms with E-state index in [-0.39, 0.29) is 11.3 Å². The Morgan fingerprint density at radius 3 is 2.62 bits per heavy atom. The zero-order valence-corrected chi connectivity index (χ0v) is 15.7. The highest BCUT2D eigenvalue weighted by atomic mass is 79.9. The van der Waals surface area contributed by atoms with Crippen molar-refractivity contribution in [1.82, 2.24) is 14.8 Å². The number of amides is 1. The second-order valence-electron chi connectivity index (χ2n) is 6.80. The van der Waals surface area contributed by atoms with Crippen LogP contribution in [0.5, 0.6) is 0 Å². The molecule has 3 aromatic rings. The van der Waals surface area contributed by atoms with Gasteiger partial charge in [0.25, 0.3) is 5.91 Å². The van der Waals surface area contributed by atoms with Gasteiger partial charge in [-0.1, -0.05) is 26.8 Å². The molecule has 1 N–H and O–H groups in total. The lowest BCUT2D eigenvalue weighted by Gasteiger charge is -2.13. The third-order valence-electron chi connectivity index (χ3n) is 3.80. The minimum absolute atomic E-state index is 0.0685. The lowest BCUT2D eigenvalue weighted by atomic mass is 9.92. The Hall–Kier alpha value is -2.21. The maximum Gasteiger partial charge on any atom is 0.256 e. The molecule has 2 aromatic heterocycles. The average Bonchev–Trinajstić information content (AvgIpc) is 2.88. The lowest BCUT2D eigenvalue weighted by Crippen LogP contribution is -2.14. The summed E-state index contributed by atoms with van der Waals surface area (Å²) < 4.78 is 2.60. The fourth-order valence-electron chi connectivity index (χ4n) is 2.38. The fourth-order valence-corrected chi connectivity index (χ4v) is 2.72. The fraction of sp³-hybridized carbons (Fsp3) is 0.278. The molecule has 0 saturated carbocycles. The number of nitrogens with one attached hydrogen (secondary N) is 1. The molecule has 0 aliphatic carbocycles. The van der Waals surface area contributed by atoms with Gasteiger partial charge in [0, 0.05) is 40.1 Å². The third-order valence-corrected chi connectivity index (χ3v) is 4.24. The SMILES string of the molecule is Cn1nc(C(C)(C)C)cc1NC(=O)c1ccc2cc(Br)cnc2c1. The van der Waals surface area contributed by atoms with Crippen LogP contribution in [0, 0.1) is 0 Å². The van der Waals surface area contributed by atoms with Crippen LogP contribution < -0.4 is 5.32 Å². The van der Waals surface area contributed by atoms with E-state index in [0.29, 0.717) is 11.4 Å². The number of carbonyl (C=O) groups excluding carboxylic acids is 1. The smallest absolute Gasteiger partial charge is 0.256 e. The quantitative estimate of drug-likeness (QED) is 0.714. The first kappa shape index (κ1) is 16.6. The van der Waals surface area contributed by atoms with Crippen LogP contribution in [0.1, 0.15) is 36.8 Å². The first-order valence-corrected chi connectivity index (χ1v) is 8.44. The van der Waals surface area contributed by atoms with Crippen molar-refractivity contribution in [3.63, 3.8) is 0 Å². The Labute approximate surface area is 149 Å². The third kappa shape index (κ3) is 3.33. The summed E-state index contributed by atoms with van der Waals surface area (Å²) in [6.45, 7) is 6.27. The number of anilines is 1. The van der Waals surface area contributed by atoms with Crippen LogP contribution in [0.25, 0.3) is 10.9 Å². The van der Waals surface area contributed by atoms with Crippen LogP contribution in [0.15, 0.2) is 41.0 Å². The van der Waals surface area contributed by atoms with Crippen molar-refractivity contribution in [3.05, 3.63) is 52.3 Å². The number of benzene rings is 1. The van der Waals surface area contributed by atoms with Crippen molar-refractivity contribution in [1.29, 1.82) is 0 Å². The van der Waals surface area contributed by atoms with Crippen LogP contribution in [-0.2, 0) is 12.5 Å². The van der Waals surface area contributed by atoms with Crippen molar-refractivity contribution in [2.75, 3.05) is 5.32 Å². The standard InChI is InChI=1S/C18H19BrN4O/c1-18(2,3)15-9-16(23(4)22-15)21-17(24)12-6-5-11-7-13(19)10-20-14(11)8-12/h5-10H,1-4H3,(H,21,24). The van der Waals surface area contributed by atoms with Gasteiger partial charge in [0.1, 0.15) is 5.82 Å². The minimum atomic E-state index is -0.176. The maximum atomic E-state index is 12.5. The van der Waals surface area contributed by atoms with Crippen LogP contribution >= 0.6 is 15.9 Å². The van der Waals surface area contributed by atoms with Gasteiger partial charge in [0.2, 0.25) is 0 Å². The van der Waals surface area contributed by atoms with E-state index in [4.69, 9.17) is 0 Å². The molecule has 0 unspecified atom stereocenters. The van der Waals surface area contributed by atoms with E-state index in [1.165, 1.54) is 0 Å². The molecular weight excluding hydrogens is 368 g/mol. The maximum absolute atomic E-state index is 12.5. The van der Waals surface area contributed by atoms with E-state index < -0.39 is 0 Å². The van der Waals surface area contributed by atoms with E-state index in [1.54, 1.807) is 23.0 Å². The van der Waals surface area contributed by atoms with Gasteiger partial charge in [-0.05, 0) is 34.1 Å². The van der Waals surface area contributed by atoms with Crippen LogP contribution in [-0.4, -0.2) is 20.7 Å². The number of hydrogen-bond acceptors (Lipinski definition) is 3. The van der Waals surface area contributed by atoms with Crippen molar-refractivity contribution < 1.29 is 4.79 Å². The Kier molecular flexibility index (Phi) is 4.17. The number of nitrogens with zero attached hydrogens (tertiary/aromatic N) is 3. The highest BCUT2D eigenvalue weighted by Gasteiger charge is 2.20. The minimum Gasteiger partial charge on any atom is -0.307 e. The largest absolute Gasteiger partial charge is 0.307 e. The summed E-state index contributed by atoms with van der Waals surface area (Å²) in [5.41, 5.74) is 2.22. The first-order valence-electron chi connectivity index (χ1n) is 7.65. The highest BCUT2D eigenvalue weighted by Crippen LogP contribution is 2.24. The molecule has 1 aromatic carbocycles. The van der Waals surface area contributed by atoms with E-state index in [2.05, 4.69) is 52.1 Å². The van der Waals surface area contributed by atoms with Crippen molar-refractivity contribution in [2.45, 2.75) is 26.2 Å². The number of pyridine rings is 1. The molecule has 0 saturated heterocycles. The number of fused-ring (bicyclic) bond motifs is 1. The Morgan fingerprint density at radius 2 is 1.96 bits per heavy atom. The second-order valence-corrected chi connectivity index (χ2v) is 7.72. The molecule has 0 fully saturated rings. The van der Waals surface area contributed by atoms with Crippen molar-refractivity contribution >= 4 is 38.6 Å². The zero-order chi connectivity index (χ0) is 17.5. The molecule has 0 aliphatic rings. The predicted molar refractivity (Wildman–Crippen MR) is 99.3 cm³/mol. The molecule has 0 atom stereocenters. The number of halogens is 1. The lowest BCUT2D eigenvalue weighted by molar-refractivity contribution is 0.102. The van der Waals surface area contributed by atoms with Gasteiger partial charge in [-0.2, -0.15) is 5.10 Å². The summed E-state index contributed by atoms with van der Waals surface area (Å²) in [6, 6.07) is 9.37. The summed E-state index contributed by atoms with van der Waals surface area (Å²) in [6.07, 6.45) is 1.72. The predicted octanol–water partition coefficient (Wildman–Crippen LogP) is 4.28. The molecule has 124 valence electrons. The van der Waals surface area contributed by atoms with Gasteiger partial charge in [-0.25, -0.2) is 0 Å². The van der Waals surface area contributed by atoms with Crippen LogP contribution in [0.3, 0.4) is 0 Å². The van der Waals surface area contributed by atoms with Crippen LogP contribution in [0.4, 0.5) is 5.82 Å². The number of aromatic nitrogens is 3.